The summed E-state index contributed by atoms with van der Waals surface area (Å²) in [6.07, 6.45) is -2.15. The number of nitrogens with two attached hydrogens (primary N) is 1. The molecule has 3 aromatic rings. The molecule has 142 valence electrons. The molecule has 2 aliphatic heterocycles. The summed E-state index contributed by atoms with van der Waals surface area (Å²) in [5.74, 6) is 0.746. The summed E-state index contributed by atoms with van der Waals surface area (Å²) in [7, 11) is 0. The van der Waals surface area contributed by atoms with Gasteiger partial charge in [0.25, 0.3) is 0 Å². The number of nitrogen functional groups attached to an aromatic ring is 1. The number of rotatable bonds is 2. The normalized spacial score (nSPS) is 33.4. The highest BCUT2D eigenvalue weighted by Crippen LogP contribution is 2.59. The zero-order chi connectivity index (χ0) is 18.8. The predicted molar refractivity (Wildman–Crippen MR) is 100 cm³/mol. The van der Waals surface area contributed by atoms with Crippen molar-refractivity contribution in [1.82, 2.24) is 19.5 Å². The molecule has 13 heteroatoms. The number of aliphatic hydroxyl groups is 1. The monoisotopic (exact) mass is 427 g/mol. The van der Waals surface area contributed by atoms with Crippen molar-refractivity contribution in [2.45, 2.75) is 24.5 Å². The first-order valence-electron chi connectivity index (χ1n) is 7.95. The van der Waals surface area contributed by atoms with Crippen molar-refractivity contribution in [1.29, 1.82) is 0 Å². The summed E-state index contributed by atoms with van der Waals surface area (Å²) in [5.41, 5.74) is 7.60. The lowest BCUT2D eigenvalue weighted by atomic mass is 10.1. The summed E-state index contributed by atoms with van der Waals surface area (Å²) < 4.78 is 30.1. The largest absolute Gasteiger partial charge is 0.386 e. The minimum Gasteiger partial charge on any atom is -0.386 e. The molecule has 0 aromatic carbocycles. The third kappa shape index (κ3) is 2.80. The van der Waals surface area contributed by atoms with Crippen molar-refractivity contribution in [3.63, 3.8) is 0 Å². The van der Waals surface area contributed by atoms with E-state index in [0.717, 1.165) is 5.56 Å². The molecule has 5 atom stereocenters. The average molecular weight is 427 g/mol. The maximum absolute atomic E-state index is 12.0. The second-order valence-electron chi connectivity index (χ2n) is 6.14. The highest BCUT2D eigenvalue weighted by molar-refractivity contribution is 8.44. The zero-order valence-corrected chi connectivity index (χ0v) is 16.2. The maximum atomic E-state index is 12.0. The second-order valence-corrected chi connectivity index (χ2v) is 9.79. The number of fused-ring (bicyclic) bond motifs is 2. The first-order valence-corrected chi connectivity index (χ1v) is 11.6. The number of aromatic nitrogens is 4. The Morgan fingerprint density at radius 3 is 3.07 bits per heavy atom. The molecule has 2 saturated heterocycles. The van der Waals surface area contributed by atoms with Gasteiger partial charge in [0, 0.05) is 10.9 Å². The van der Waals surface area contributed by atoms with E-state index in [1.165, 1.54) is 17.7 Å². The van der Waals surface area contributed by atoms with E-state index < -0.39 is 31.3 Å². The Morgan fingerprint density at radius 2 is 2.30 bits per heavy atom. The molecule has 3 aromatic heterocycles. The van der Waals surface area contributed by atoms with Gasteiger partial charge in [-0.1, -0.05) is 12.2 Å². The van der Waals surface area contributed by atoms with E-state index in [9.17, 15) is 9.67 Å². The summed E-state index contributed by atoms with van der Waals surface area (Å²) >= 11 is 5.38. The maximum Gasteiger partial charge on any atom is 0.386 e. The van der Waals surface area contributed by atoms with Crippen LogP contribution in [0.25, 0.3) is 22.6 Å². The Balaban J connectivity index is 1.66. The third-order valence-corrected chi connectivity index (χ3v) is 6.80. The lowest BCUT2D eigenvalue weighted by Crippen LogP contribution is -2.38. The van der Waals surface area contributed by atoms with Crippen LogP contribution in [0.1, 0.15) is 6.23 Å². The molecular weight excluding hydrogens is 413 g/mol. The highest BCUT2D eigenvalue weighted by atomic mass is 32.7. The van der Waals surface area contributed by atoms with Gasteiger partial charge < -0.3 is 15.6 Å². The molecular formula is C14H14N5O5PS2. The van der Waals surface area contributed by atoms with Crippen molar-refractivity contribution in [2.24, 2.45) is 0 Å². The van der Waals surface area contributed by atoms with Gasteiger partial charge in [-0.3, -0.25) is 13.6 Å². The van der Waals surface area contributed by atoms with E-state index >= 15 is 0 Å². The number of nitrogens with zero attached hydrogens (tertiary/aromatic N) is 4. The van der Waals surface area contributed by atoms with Crippen LogP contribution in [0, 0.1) is 0 Å². The van der Waals surface area contributed by atoms with E-state index in [1.807, 2.05) is 16.8 Å². The van der Waals surface area contributed by atoms with Gasteiger partial charge >= 0.3 is 6.80 Å². The predicted octanol–water partition coefficient (Wildman–Crippen LogP) is 1.85. The van der Waals surface area contributed by atoms with Crippen LogP contribution in [0.4, 0.5) is 5.82 Å². The minimum absolute atomic E-state index is 0.00343. The summed E-state index contributed by atoms with van der Waals surface area (Å²) in [4.78, 5) is 12.8. The van der Waals surface area contributed by atoms with Gasteiger partial charge in [0.15, 0.2) is 23.2 Å². The van der Waals surface area contributed by atoms with Crippen molar-refractivity contribution >= 4 is 47.4 Å². The molecule has 5 heterocycles. The quantitative estimate of drug-likeness (QED) is 0.414. The van der Waals surface area contributed by atoms with E-state index in [1.54, 1.807) is 4.57 Å². The van der Waals surface area contributed by atoms with E-state index in [2.05, 4.69) is 27.2 Å². The molecule has 3 N–H and O–H groups in total. The number of ether oxygens (including phenoxy) is 1. The molecule has 2 fully saturated rings. The average Bonchev–Trinajstić information content (AvgIpc) is 3.33. The van der Waals surface area contributed by atoms with Gasteiger partial charge in [0.1, 0.15) is 30.5 Å². The Kier molecular flexibility index (Phi) is 4.06. The zero-order valence-electron chi connectivity index (χ0n) is 13.6. The van der Waals surface area contributed by atoms with E-state index in [-0.39, 0.29) is 12.4 Å². The molecule has 10 nitrogen and oxygen atoms in total. The molecule has 2 unspecified atom stereocenters. The molecule has 5 rings (SSSR count). The Morgan fingerprint density at radius 1 is 1.44 bits per heavy atom. The Labute approximate surface area is 162 Å². The number of aliphatic hydroxyl groups excluding tert-OH is 1. The second kappa shape index (κ2) is 6.24. The number of anilines is 1. The molecule has 0 radical (unpaired) electrons. The van der Waals surface area contributed by atoms with Crippen LogP contribution in [0.5, 0.6) is 0 Å². The lowest BCUT2D eigenvalue weighted by Gasteiger charge is -2.28. The SMILES string of the molecule is Nc1ncnc2c1nc(-c1ccsc1)n2[C@@H]1OC2CO[P@@](=O)(S)OC2[C@@H]1O. The lowest BCUT2D eigenvalue weighted by molar-refractivity contribution is -0.0555. The van der Waals surface area contributed by atoms with Crippen molar-refractivity contribution in [2.75, 3.05) is 12.3 Å². The smallest absolute Gasteiger partial charge is 0.386 e. The van der Waals surface area contributed by atoms with Crippen molar-refractivity contribution in [3.05, 3.63) is 23.2 Å². The summed E-state index contributed by atoms with van der Waals surface area (Å²) in [5, 5.41) is 14.7. The van der Waals surface area contributed by atoms with E-state index in [0.29, 0.717) is 17.0 Å². The molecule has 0 bridgehead atoms. The van der Waals surface area contributed by atoms with Crippen molar-refractivity contribution < 1.29 is 23.5 Å². The minimum atomic E-state index is -3.53. The fourth-order valence-corrected chi connectivity index (χ4v) is 5.44. The molecule has 2 aliphatic rings. The topological polar surface area (TPSA) is 135 Å². The molecule has 0 aliphatic carbocycles. The fourth-order valence-electron chi connectivity index (χ4n) is 3.31. The van der Waals surface area contributed by atoms with Crippen LogP contribution in [-0.4, -0.2) is 49.5 Å². The third-order valence-electron chi connectivity index (χ3n) is 4.51. The van der Waals surface area contributed by atoms with Gasteiger partial charge in [-0.25, -0.2) is 19.5 Å². The number of hydrogen-bond acceptors (Lipinski definition) is 10. The summed E-state index contributed by atoms with van der Waals surface area (Å²) in [6, 6.07) is 1.89. The van der Waals surface area contributed by atoms with Crippen LogP contribution in [0.3, 0.4) is 0 Å². The Hall–Kier alpha value is -1.53. The number of hydrogen-bond donors (Lipinski definition) is 3. The van der Waals surface area contributed by atoms with Gasteiger partial charge in [-0.2, -0.15) is 11.3 Å². The first kappa shape index (κ1) is 17.6. The van der Waals surface area contributed by atoms with Gasteiger partial charge in [0.2, 0.25) is 0 Å². The molecule has 0 amide bonds. The molecule has 0 spiro atoms. The number of thiophene rings is 1. The van der Waals surface area contributed by atoms with Crippen LogP contribution in [-0.2, 0) is 18.3 Å². The highest BCUT2D eigenvalue weighted by Gasteiger charge is 2.52. The first-order chi connectivity index (χ1) is 12.9. The Bertz CT molecular complexity index is 1060. The number of imidazole rings is 1. The van der Waals surface area contributed by atoms with Crippen LogP contribution in [0.2, 0.25) is 0 Å². The van der Waals surface area contributed by atoms with Crippen molar-refractivity contribution in [3.8, 4) is 11.4 Å². The molecule has 27 heavy (non-hydrogen) atoms. The summed E-state index contributed by atoms with van der Waals surface area (Å²) in [6.45, 7) is -3.53. The van der Waals surface area contributed by atoms with Crippen LogP contribution >= 0.6 is 30.4 Å². The van der Waals surface area contributed by atoms with E-state index in [4.69, 9.17) is 19.5 Å². The fraction of sp³-hybridized carbons (Fsp3) is 0.357. The van der Waals surface area contributed by atoms with Gasteiger partial charge in [0.05, 0.1) is 6.61 Å². The molecule has 0 saturated carbocycles. The van der Waals surface area contributed by atoms with Crippen LogP contribution < -0.4 is 5.73 Å². The number of thiol groups is 1. The van der Waals surface area contributed by atoms with Crippen LogP contribution in [0.15, 0.2) is 23.2 Å². The standard InChI is InChI=1S/C14H14N5O5PS2/c15-11-8-13(17-5-16-11)19(12(18-8)6-1-2-27-4-6)14-9(20)10-7(23-14)3-22-25(21,26)24-10/h1-2,4-5,7,9-10,14,20H,3H2,(H,21,26)(H2,15,16,17)/t7?,9-,10?,14+,25+/m0/s1. The van der Waals surface area contributed by atoms with Gasteiger partial charge in [-0.05, 0) is 11.4 Å². The van der Waals surface area contributed by atoms with Gasteiger partial charge in [-0.15, -0.1) is 0 Å².